The number of aromatic nitrogens is 2. The van der Waals surface area contributed by atoms with E-state index in [1.54, 1.807) is 0 Å². The summed E-state index contributed by atoms with van der Waals surface area (Å²) in [6.45, 7) is 7.96. The zero-order valence-corrected chi connectivity index (χ0v) is 12.0. The Morgan fingerprint density at radius 2 is 2.06 bits per heavy atom. The highest BCUT2D eigenvalue weighted by molar-refractivity contribution is 7.99. The number of aliphatic carboxylic acids is 1. The summed E-state index contributed by atoms with van der Waals surface area (Å²) in [5.41, 5.74) is 0. The first kappa shape index (κ1) is 15.0. The van der Waals surface area contributed by atoms with E-state index in [1.165, 1.54) is 11.8 Å². The topological polar surface area (TPSA) is 76.2 Å². The summed E-state index contributed by atoms with van der Waals surface area (Å²) in [6.07, 6.45) is 0.778. The van der Waals surface area contributed by atoms with Crippen LogP contribution in [0.4, 0.5) is 0 Å². The third-order valence-electron chi connectivity index (χ3n) is 2.34. The highest BCUT2D eigenvalue weighted by Gasteiger charge is 2.23. The molecule has 1 heterocycles. The maximum absolute atomic E-state index is 11.0. The van der Waals surface area contributed by atoms with Crippen molar-refractivity contribution in [2.75, 3.05) is 0 Å². The van der Waals surface area contributed by atoms with Gasteiger partial charge in [-0.3, -0.25) is 4.79 Å². The molecule has 0 radical (unpaired) electrons. The van der Waals surface area contributed by atoms with E-state index in [9.17, 15) is 4.79 Å². The van der Waals surface area contributed by atoms with Gasteiger partial charge < -0.3 is 9.63 Å². The predicted octanol–water partition coefficient (Wildman–Crippen LogP) is 2.61. The quantitative estimate of drug-likeness (QED) is 0.822. The Labute approximate surface area is 111 Å². The molecule has 1 rings (SSSR count). The fourth-order valence-corrected chi connectivity index (χ4v) is 2.47. The van der Waals surface area contributed by atoms with Crippen molar-refractivity contribution in [2.45, 2.75) is 45.1 Å². The van der Waals surface area contributed by atoms with Gasteiger partial charge >= 0.3 is 5.97 Å². The van der Waals surface area contributed by atoms with Gasteiger partial charge in [-0.05, 0) is 11.8 Å². The van der Waals surface area contributed by atoms with Crippen molar-refractivity contribution in [3.05, 3.63) is 11.7 Å². The van der Waals surface area contributed by atoms with E-state index >= 15 is 0 Å². The predicted molar refractivity (Wildman–Crippen MR) is 70.4 cm³/mol. The van der Waals surface area contributed by atoms with Crippen LogP contribution in [0, 0.1) is 11.8 Å². The van der Waals surface area contributed by atoms with Crippen LogP contribution in [0.2, 0.25) is 0 Å². The van der Waals surface area contributed by atoms with E-state index in [4.69, 9.17) is 9.63 Å². The molecular formula is C12H20N2O3S. The fourth-order valence-electron chi connectivity index (χ4n) is 1.51. The number of nitrogens with zero attached hydrogens (tertiary/aromatic N) is 2. The molecule has 0 aliphatic heterocycles. The molecule has 102 valence electrons. The van der Waals surface area contributed by atoms with Crippen LogP contribution in [0.15, 0.2) is 4.52 Å². The Bertz CT molecular complexity index is 390. The number of thioether (sulfide) groups is 1. The SMILES string of the molecule is CC(C)Cc1noc(CSC(C(=O)O)C(C)C)n1. The molecule has 1 N–H and O–H groups in total. The molecule has 1 aromatic rings. The molecule has 6 heteroatoms. The third-order valence-corrected chi connectivity index (χ3v) is 3.85. The summed E-state index contributed by atoms with van der Waals surface area (Å²) >= 11 is 1.33. The molecule has 0 saturated carbocycles. The summed E-state index contributed by atoms with van der Waals surface area (Å²) < 4.78 is 5.10. The molecule has 1 aromatic heterocycles. The van der Waals surface area contributed by atoms with Gasteiger partial charge in [-0.2, -0.15) is 4.98 Å². The Morgan fingerprint density at radius 1 is 1.39 bits per heavy atom. The van der Waals surface area contributed by atoms with Gasteiger partial charge in [0.05, 0.1) is 5.75 Å². The van der Waals surface area contributed by atoms with Gasteiger partial charge in [0.25, 0.3) is 0 Å². The first-order chi connectivity index (χ1) is 8.40. The van der Waals surface area contributed by atoms with Crippen molar-refractivity contribution < 1.29 is 14.4 Å². The second kappa shape index (κ2) is 6.78. The molecular weight excluding hydrogens is 252 g/mol. The lowest BCUT2D eigenvalue weighted by Gasteiger charge is -2.13. The molecule has 0 spiro atoms. The minimum Gasteiger partial charge on any atom is -0.480 e. The molecule has 1 atom stereocenters. The minimum absolute atomic E-state index is 0.0746. The molecule has 0 saturated heterocycles. The van der Waals surface area contributed by atoms with Crippen molar-refractivity contribution >= 4 is 17.7 Å². The van der Waals surface area contributed by atoms with Gasteiger partial charge in [-0.15, -0.1) is 11.8 Å². The van der Waals surface area contributed by atoms with Crippen LogP contribution in [0.1, 0.15) is 39.4 Å². The third kappa shape index (κ3) is 4.68. The van der Waals surface area contributed by atoms with Crippen LogP contribution in [-0.2, 0) is 17.0 Å². The van der Waals surface area contributed by atoms with Crippen LogP contribution in [-0.4, -0.2) is 26.5 Å². The second-order valence-corrected chi connectivity index (χ2v) is 6.15. The lowest BCUT2D eigenvalue weighted by molar-refractivity contribution is -0.137. The molecule has 0 amide bonds. The highest BCUT2D eigenvalue weighted by Crippen LogP contribution is 2.23. The highest BCUT2D eigenvalue weighted by atomic mass is 32.2. The van der Waals surface area contributed by atoms with Crippen LogP contribution < -0.4 is 0 Å². The van der Waals surface area contributed by atoms with Crippen molar-refractivity contribution in [1.29, 1.82) is 0 Å². The van der Waals surface area contributed by atoms with Gasteiger partial charge in [0.1, 0.15) is 5.25 Å². The molecule has 5 nitrogen and oxygen atoms in total. The van der Waals surface area contributed by atoms with Gasteiger partial charge in [0.2, 0.25) is 5.89 Å². The van der Waals surface area contributed by atoms with E-state index in [1.807, 2.05) is 13.8 Å². The Hall–Kier alpha value is -1.04. The average Bonchev–Trinajstić information content (AvgIpc) is 2.63. The smallest absolute Gasteiger partial charge is 0.316 e. The number of carbonyl (C=O) groups is 1. The molecule has 0 fully saturated rings. The minimum atomic E-state index is -0.795. The summed E-state index contributed by atoms with van der Waals surface area (Å²) in [6, 6.07) is 0. The van der Waals surface area contributed by atoms with Crippen LogP contribution >= 0.6 is 11.8 Å². The van der Waals surface area contributed by atoms with Crippen LogP contribution in [0.5, 0.6) is 0 Å². The fraction of sp³-hybridized carbons (Fsp3) is 0.750. The first-order valence-corrected chi connectivity index (χ1v) is 7.11. The summed E-state index contributed by atoms with van der Waals surface area (Å²) in [4.78, 5) is 15.3. The molecule has 0 aliphatic rings. The standard InChI is InChI=1S/C12H20N2O3S/c1-7(2)5-9-13-10(17-14-9)6-18-11(8(3)4)12(15)16/h7-8,11H,5-6H2,1-4H3,(H,15,16). The zero-order valence-electron chi connectivity index (χ0n) is 11.2. The van der Waals surface area contributed by atoms with Crippen molar-refractivity contribution in [2.24, 2.45) is 11.8 Å². The molecule has 1 unspecified atom stereocenters. The van der Waals surface area contributed by atoms with Crippen LogP contribution in [0.25, 0.3) is 0 Å². The summed E-state index contributed by atoms with van der Waals surface area (Å²) in [5.74, 6) is 1.40. The maximum Gasteiger partial charge on any atom is 0.316 e. The van der Waals surface area contributed by atoms with Crippen LogP contribution in [0.3, 0.4) is 0 Å². The number of carboxylic acids is 1. The number of hydrogen-bond donors (Lipinski definition) is 1. The number of carboxylic acid groups (broad SMARTS) is 1. The monoisotopic (exact) mass is 272 g/mol. The maximum atomic E-state index is 11.0. The Kier molecular flexibility index (Phi) is 5.65. The average molecular weight is 272 g/mol. The van der Waals surface area contributed by atoms with E-state index in [0.717, 1.165) is 6.42 Å². The molecule has 0 bridgehead atoms. The molecule has 0 aliphatic carbocycles. The van der Waals surface area contributed by atoms with E-state index in [2.05, 4.69) is 24.0 Å². The summed E-state index contributed by atoms with van der Waals surface area (Å²) in [7, 11) is 0. The number of rotatable bonds is 7. The summed E-state index contributed by atoms with van der Waals surface area (Å²) in [5, 5.41) is 12.5. The number of hydrogen-bond acceptors (Lipinski definition) is 5. The van der Waals surface area contributed by atoms with Gasteiger partial charge in [0.15, 0.2) is 5.82 Å². The van der Waals surface area contributed by atoms with Crippen molar-refractivity contribution in [3.8, 4) is 0 Å². The Balaban J connectivity index is 2.52. The van der Waals surface area contributed by atoms with Gasteiger partial charge in [0, 0.05) is 6.42 Å². The van der Waals surface area contributed by atoms with Crippen molar-refractivity contribution in [1.82, 2.24) is 10.1 Å². The van der Waals surface area contributed by atoms with E-state index in [-0.39, 0.29) is 5.92 Å². The largest absolute Gasteiger partial charge is 0.480 e. The lowest BCUT2D eigenvalue weighted by atomic mass is 10.1. The van der Waals surface area contributed by atoms with Gasteiger partial charge in [-0.25, -0.2) is 0 Å². The molecule has 18 heavy (non-hydrogen) atoms. The van der Waals surface area contributed by atoms with E-state index in [0.29, 0.717) is 23.4 Å². The zero-order chi connectivity index (χ0) is 13.7. The second-order valence-electron chi connectivity index (χ2n) is 5.02. The van der Waals surface area contributed by atoms with Gasteiger partial charge in [-0.1, -0.05) is 32.9 Å². The lowest BCUT2D eigenvalue weighted by Crippen LogP contribution is -2.22. The Morgan fingerprint density at radius 3 is 2.56 bits per heavy atom. The van der Waals surface area contributed by atoms with Crippen molar-refractivity contribution in [3.63, 3.8) is 0 Å². The normalized spacial score (nSPS) is 13.2. The van der Waals surface area contributed by atoms with E-state index < -0.39 is 11.2 Å². The molecule has 0 aromatic carbocycles. The first-order valence-electron chi connectivity index (χ1n) is 6.06.